The number of amides is 2. The van der Waals surface area contributed by atoms with Crippen molar-refractivity contribution in [2.24, 2.45) is 0 Å². The molecule has 2 amide bonds. The summed E-state index contributed by atoms with van der Waals surface area (Å²) in [4.78, 5) is 35.1. The van der Waals surface area contributed by atoms with E-state index in [1.54, 1.807) is 19.1 Å². The molecule has 0 radical (unpaired) electrons. The van der Waals surface area contributed by atoms with Crippen LogP contribution >= 0.6 is 11.8 Å². The SMILES string of the molecule is CCN1C(=O)S/C(=C/c2ccccc2[N+](=O)[O-])C1=O. The molecule has 19 heavy (non-hydrogen) atoms. The average molecular weight is 278 g/mol. The van der Waals surface area contributed by atoms with Crippen molar-refractivity contribution in [2.75, 3.05) is 6.54 Å². The number of hydrogen-bond donors (Lipinski definition) is 0. The third-order valence-electron chi connectivity index (χ3n) is 2.61. The Labute approximate surface area is 113 Å². The lowest BCUT2D eigenvalue weighted by molar-refractivity contribution is -0.385. The van der Waals surface area contributed by atoms with Gasteiger partial charge in [-0.3, -0.25) is 24.6 Å². The Balaban J connectivity index is 2.41. The van der Waals surface area contributed by atoms with Crippen molar-refractivity contribution in [3.63, 3.8) is 0 Å². The van der Waals surface area contributed by atoms with E-state index in [0.29, 0.717) is 12.1 Å². The van der Waals surface area contributed by atoms with Crippen molar-refractivity contribution in [1.82, 2.24) is 4.90 Å². The molecule has 1 aromatic carbocycles. The lowest BCUT2D eigenvalue weighted by Gasteiger charge is -2.06. The van der Waals surface area contributed by atoms with E-state index in [1.807, 2.05) is 0 Å². The molecule has 6 nitrogen and oxygen atoms in total. The Hall–Kier alpha value is -2.15. The number of nitro benzene ring substituents is 1. The minimum Gasteiger partial charge on any atom is -0.269 e. The smallest absolute Gasteiger partial charge is 0.269 e. The van der Waals surface area contributed by atoms with Gasteiger partial charge in [0.1, 0.15) is 0 Å². The lowest BCUT2D eigenvalue weighted by atomic mass is 10.1. The predicted molar refractivity (Wildman–Crippen MR) is 71.4 cm³/mol. The number of likely N-dealkylation sites (N-methyl/N-ethyl adjacent to an activating group) is 1. The van der Waals surface area contributed by atoms with Gasteiger partial charge in [0.05, 0.1) is 15.4 Å². The predicted octanol–water partition coefficient (Wildman–Crippen LogP) is 2.65. The van der Waals surface area contributed by atoms with E-state index in [1.165, 1.54) is 18.2 Å². The average Bonchev–Trinajstić information content (AvgIpc) is 2.64. The van der Waals surface area contributed by atoms with Gasteiger partial charge in [0.2, 0.25) is 0 Å². The number of benzene rings is 1. The van der Waals surface area contributed by atoms with Crippen molar-refractivity contribution < 1.29 is 14.5 Å². The molecule has 0 spiro atoms. The largest absolute Gasteiger partial charge is 0.293 e. The molecule has 0 bridgehead atoms. The zero-order valence-electron chi connectivity index (χ0n) is 10.0. The maximum absolute atomic E-state index is 11.9. The molecule has 2 rings (SSSR count). The van der Waals surface area contributed by atoms with E-state index < -0.39 is 10.8 Å². The first-order chi connectivity index (χ1) is 9.04. The highest BCUT2D eigenvalue weighted by Gasteiger charge is 2.34. The molecule has 1 saturated heterocycles. The van der Waals surface area contributed by atoms with E-state index in [9.17, 15) is 19.7 Å². The van der Waals surface area contributed by atoms with Crippen LogP contribution < -0.4 is 0 Å². The molecule has 98 valence electrons. The van der Waals surface area contributed by atoms with Gasteiger partial charge in [0.15, 0.2) is 0 Å². The number of imide groups is 1. The second-order valence-corrected chi connectivity index (χ2v) is 4.74. The second kappa shape index (κ2) is 5.23. The minimum absolute atomic E-state index is 0.0919. The van der Waals surface area contributed by atoms with E-state index in [-0.39, 0.29) is 15.8 Å². The van der Waals surface area contributed by atoms with Crippen molar-refractivity contribution >= 4 is 34.7 Å². The summed E-state index contributed by atoms with van der Waals surface area (Å²) >= 11 is 0.798. The Morgan fingerprint density at radius 2 is 2.05 bits per heavy atom. The number of hydrogen-bond acceptors (Lipinski definition) is 5. The molecular formula is C12H10N2O4S. The normalized spacial score (nSPS) is 17.3. The summed E-state index contributed by atoms with van der Waals surface area (Å²) in [6.45, 7) is 1.99. The number of thioether (sulfide) groups is 1. The van der Waals surface area contributed by atoms with Gasteiger partial charge in [-0.2, -0.15) is 0 Å². The molecule has 7 heteroatoms. The van der Waals surface area contributed by atoms with Crippen LogP contribution in [0.3, 0.4) is 0 Å². The van der Waals surface area contributed by atoms with Crippen LogP contribution in [0, 0.1) is 10.1 Å². The van der Waals surface area contributed by atoms with Crippen molar-refractivity contribution in [1.29, 1.82) is 0 Å². The standard InChI is InChI=1S/C12H10N2O4S/c1-2-13-11(15)10(19-12(13)16)7-8-5-3-4-6-9(8)14(17)18/h3-7H,2H2,1H3/b10-7+. The fourth-order valence-electron chi connectivity index (χ4n) is 1.69. The number of para-hydroxylation sites is 1. The Bertz CT molecular complexity index is 597. The first kappa shape index (κ1) is 13.3. The zero-order valence-corrected chi connectivity index (χ0v) is 10.8. The van der Waals surface area contributed by atoms with Crippen LogP contribution in [-0.2, 0) is 4.79 Å². The zero-order chi connectivity index (χ0) is 14.0. The lowest BCUT2D eigenvalue weighted by Crippen LogP contribution is -2.27. The van der Waals surface area contributed by atoms with Crippen LogP contribution in [0.1, 0.15) is 12.5 Å². The molecule has 0 aromatic heterocycles. The van der Waals surface area contributed by atoms with Gasteiger partial charge in [0.25, 0.3) is 16.8 Å². The summed E-state index contributed by atoms with van der Waals surface area (Å²) in [5, 5.41) is 10.5. The molecular weight excluding hydrogens is 268 g/mol. The Kier molecular flexibility index (Phi) is 3.66. The van der Waals surface area contributed by atoms with Gasteiger partial charge in [-0.05, 0) is 30.8 Å². The highest BCUT2D eigenvalue weighted by Crippen LogP contribution is 2.33. The molecule has 1 fully saturated rings. The number of carbonyl (C=O) groups excluding carboxylic acids is 2. The molecule has 0 unspecified atom stereocenters. The summed E-state index contributed by atoms with van der Waals surface area (Å²) in [7, 11) is 0. The van der Waals surface area contributed by atoms with Gasteiger partial charge < -0.3 is 0 Å². The van der Waals surface area contributed by atoms with Gasteiger partial charge in [-0.15, -0.1) is 0 Å². The molecule has 0 atom stereocenters. The van der Waals surface area contributed by atoms with Crippen LogP contribution in [-0.4, -0.2) is 27.5 Å². The summed E-state index contributed by atoms with van der Waals surface area (Å²) in [5.74, 6) is -0.407. The molecule has 0 aliphatic carbocycles. The molecule has 1 aromatic rings. The van der Waals surface area contributed by atoms with E-state index in [4.69, 9.17) is 0 Å². The third-order valence-corrected chi connectivity index (χ3v) is 3.52. The van der Waals surface area contributed by atoms with Gasteiger partial charge >= 0.3 is 0 Å². The minimum atomic E-state index is -0.518. The fraction of sp³-hybridized carbons (Fsp3) is 0.167. The quantitative estimate of drug-likeness (QED) is 0.482. The maximum Gasteiger partial charge on any atom is 0.293 e. The number of nitro groups is 1. The number of nitrogens with zero attached hydrogens (tertiary/aromatic N) is 2. The third kappa shape index (κ3) is 2.50. The summed E-state index contributed by atoms with van der Waals surface area (Å²) in [6, 6.07) is 6.09. The van der Waals surface area contributed by atoms with Gasteiger partial charge in [-0.25, -0.2) is 0 Å². The number of carbonyl (C=O) groups is 2. The van der Waals surface area contributed by atoms with Crippen molar-refractivity contribution in [3.05, 3.63) is 44.8 Å². The van der Waals surface area contributed by atoms with Crippen molar-refractivity contribution in [3.8, 4) is 0 Å². The molecule has 1 heterocycles. The molecule has 1 aliphatic rings. The molecule has 0 saturated carbocycles. The highest BCUT2D eigenvalue weighted by molar-refractivity contribution is 8.18. The van der Waals surface area contributed by atoms with Gasteiger partial charge in [-0.1, -0.05) is 12.1 Å². The summed E-state index contributed by atoms with van der Waals surface area (Å²) in [6.07, 6.45) is 1.39. The van der Waals surface area contributed by atoms with Crippen molar-refractivity contribution in [2.45, 2.75) is 6.92 Å². The number of rotatable bonds is 3. The first-order valence-corrected chi connectivity index (χ1v) is 6.35. The van der Waals surface area contributed by atoms with Crippen LogP contribution in [0.5, 0.6) is 0 Å². The topological polar surface area (TPSA) is 80.5 Å². The van der Waals surface area contributed by atoms with Crippen LogP contribution in [0.15, 0.2) is 29.2 Å². The van der Waals surface area contributed by atoms with E-state index in [2.05, 4.69) is 0 Å². The summed E-state index contributed by atoms with van der Waals surface area (Å²) in [5.41, 5.74) is 0.222. The highest BCUT2D eigenvalue weighted by atomic mass is 32.2. The van der Waals surface area contributed by atoms with E-state index in [0.717, 1.165) is 16.7 Å². The van der Waals surface area contributed by atoms with E-state index >= 15 is 0 Å². The van der Waals surface area contributed by atoms with Gasteiger partial charge in [0, 0.05) is 12.6 Å². The molecule has 0 N–H and O–H groups in total. The molecule has 1 aliphatic heterocycles. The fourth-order valence-corrected chi connectivity index (χ4v) is 2.58. The van der Waals surface area contributed by atoms with Crippen LogP contribution in [0.25, 0.3) is 6.08 Å². The summed E-state index contributed by atoms with van der Waals surface area (Å²) < 4.78 is 0. The van der Waals surface area contributed by atoms with Crippen LogP contribution in [0.4, 0.5) is 10.5 Å². The maximum atomic E-state index is 11.9. The Morgan fingerprint density at radius 3 is 2.63 bits per heavy atom. The first-order valence-electron chi connectivity index (χ1n) is 5.53. The Morgan fingerprint density at radius 1 is 1.37 bits per heavy atom. The van der Waals surface area contributed by atoms with Crippen LogP contribution in [0.2, 0.25) is 0 Å². The second-order valence-electron chi connectivity index (χ2n) is 3.74. The monoisotopic (exact) mass is 278 g/mol.